The molecule has 0 spiro atoms. The monoisotopic (exact) mass is 366 g/mol. The molecule has 0 saturated carbocycles. The number of carbonyl (C=O) groups excluding carboxylic acids is 2. The number of amides is 2. The maximum absolute atomic E-state index is 12.7. The quantitative estimate of drug-likeness (QED) is 0.819. The van der Waals surface area contributed by atoms with Crippen molar-refractivity contribution in [1.82, 2.24) is 5.32 Å². The first-order chi connectivity index (χ1) is 13.1. The Morgan fingerprint density at radius 3 is 2.56 bits per heavy atom. The topological polar surface area (TPSA) is 58.6 Å². The van der Waals surface area contributed by atoms with Gasteiger partial charge in [-0.3, -0.25) is 14.5 Å². The van der Waals surface area contributed by atoms with Crippen LogP contribution in [0.5, 0.6) is 5.75 Å². The first kappa shape index (κ1) is 19.0. The van der Waals surface area contributed by atoms with Crippen molar-refractivity contribution in [1.29, 1.82) is 0 Å². The normalized spacial score (nSPS) is 15.3. The van der Waals surface area contributed by atoms with Gasteiger partial charge in [0.05, 0.1) is 6.61 Å². The van der Waals surface area contributed by atoms with Crippen LogP contribution in [0.2, 0.25) is 0 Å². The Morgan fingerprint density at radius 2 is 1.85 bits per heavy atom. The van der Waals surface area contributed by atoms with Crippen LogP contribution < -0.4 is 15.0 Å². The third-order valence-electron chi connectivity index (χ3n) is 4.80. The van der Waals surface area contributed by atoms with Crippen molar-refractivity contribution in [3.63, 3.8) is 0 Å². The molecule has 0 aliphatic carbocycles. The van der Waals surface area contributed by atoms with Crippen LogP contribution in [0.4, 0.5) is 5.69 Å². The number of anilines is 1. The average molecular weight is 366 g/mol. The van der Waals surface area contributed by atoms with Crippen molar-refractivity contribution in [3.8, 4) is 5.75 Å². The summed E-state index contributed by atoms with van der Waals surface area (Å²) in [6, 6.07) is 15.2. The highest BCUT2D eigenvalue weighted by atomic mass is 16.5. The average Bonchev–Trinajstić information content (AvgIpc) is 3.08. The van der Waals surface area contributed by atoms with Crippen molar-refractivity contribution in [3.05, 3.63) is 59.7 Å². The van der Waals surface area contributed by atoms with Gasteiger partial charge in [0, 0.05) is 25.1 Å². The Hall–Kier alpha value is -2.82. The molecule has 0 saturated heterocycles. The van der Waals surface area contributed by atoms with Gasteiger partial charge in [-0.05, 0) is 42.7 Å². The molecule has 1 atom stereocenters. The molecule has 1 aliphatic heterocycles. The van der Waals surface area contributed by atoms with E-state index >= 15 is 0 Å². The minimum absolute atomic E-state index is 0.0217. The van der Waals surface area contributed by atoms with Crippen LogP contribution in [-0.2, 0) is 22.4 Å². The number of fused-ring (bicyclic) bond motifs is 1. The lowest BCUT2D eigenvalue weighted by molar-refractivity contribution is -0.126. The Labute approximate surface area is 160 Å². The lowest BCUT2D eigenvalue weighted by Crippen LogP contribution is -2.48. The van der Waals surface area contributed by atoms with E-state index in [1.54, 1.807) is 4.90 Å². The SMILES string of the molecule is CCOc1ccc(CCNC(=O)[C@@H]2Cc3ccccc3N2C(=O)CC)cc1. The first-order valence-electron chi connectivity index (χ1n) is 9.53. The summed E-state index contributed by atoms with van der Waals surface area (Å²) in [7, 11) is 0. The molecule has 5 heteroatoms. The van der Waals surface area contributed by atoms with E-state index in [9.17, 15) is 9.59 Å². The Bertz CT molecular complexity index is 801. The number of ether oxygens (including phenoxy) is 1. The molecule has 2 aromatic carbocycles. The third kappa shape index (κ3) is 4.30. The van der Waals surface area contributed by atoms with E-state index < -0.39 is 6.04 Å². The number of carbonyl (C=O) groups is 2. The van der Waals surface area contributed by atoms with Crippen molar-refractivity contribution in [2.75, 3.05) is 18.1 Å². The summed E-state index contributed by atoms with van der Waals surface area (Å²) in [5.41, 5.74) is 3.04. The zero-order chi connectivity index (χ0) is 19.2. The van der Waals surface area contributed by atoms with Gasteiger partial charge in [0.25, 0.3) is 0 Å². The van der Waals surface area contributed by atoms with Gasteiger partial charge in [0.2, 0.25) is 11.8 Å². The highest BCUT2D eigenvalue weighted by molar-refractivity contribution is 6.03. The van der Waals surface area contributed by atoms with Crippen LogP contribution in [-0.4, -0.2) is 31.0 Å². The molecule has 1 aliphatic rings. The molecule has 0 bridgehead atoms. The van der Waals surface area contributed by atoms with Crippen LogP contribution in [0.25, 0.3) is 0 Å². The second-order valence-corrected chi connectivity index (χ2v) is 6.58. The predicted octanol–water partition coefficient (Wildman–Crippen LogP) is 3.11. The molecule has 27 heavy (non-hydrogen) atoms. The predicted molar refractivity (Wildman–Crippen MR) is 106 cm³/mol. The lowest BCUT2D eigenvalue weighted by Gasteiger charge is -2.24. The summed E-state index contributed by atoms with van der Waals surface area (Å²) < 4.78 is 5.44. The van der Waals surface area contributed by atoms with Gasteiger partial charge in [0.15, 0.2) is 0 Å². The van der Waals surface area contributed by atoms with Gasteiger partial charge >= 0.3 is 0 Å². The fourth-order valence-electron chi connectivity index (χ4n) is 3.44. The second kappa shape index (κ2) is 8.71. The maximum Gasteiger partial charge on any atom is 0.243 e. The number of nitrogens with one attached hydrogen (secondary N) is 1. The standard InChI is InChI=1S/C22H26N2O3/c1-3-21(25)24-19-8-6-5-7-17(19)15-20(24)22(26)23-14-13-16-9-11-18(12-10-16)27-4-2/h5-12,20H,3-4,13-15H2,1-2H3,(H,23,26)/t20-/m0/s1. The molecule has 142 valence electrons. The largest absolute Gasteiger partial charge is 0.494 e. The molecule has 2 amide bonds. The zero-order valence-corrected chi connectivity index (χ0v) is 15.9. The zero-order valence-electron chi connectivity index (χ0n) is 15.9. The van der Waals surface area contributed by atoms with E-state index in [4.69, 9.17) is 4.74 Å². The molecule has 1 N–H and O–H groups in total. The minimum atomic E-state index is -0.463. The molecule has 0 fully saturated rings. The number of nitrogens with zero attached hydrogens (tertiary/aromatic N) is 1. The van der Waals surface area contributed by atoms with Crippen LogP contribution in [0.1, 0.15) is 31.4 Å². The molecule has 0 unspecified atom stereocenters. The number of benzene rings is 2. The van der Waals surface area contributed by atoms with Gasteiger partial charge in [-0.2, -0.15) is 0 Å². The van der Waals surface area contributed by atoms with E-state index in [2.05, 4.69) is 5.32 Å². The van der Waals surface area contributed by atoms with Crippen LogP contribution >= 0.6 is 0 Å². The second-order valence-electron chi connectivity index (χ2n) is 6.58. The highest BCUT2D eigenvalue weighted by Crippen LogP contribution is 2.32. The number of hydrogen-bond acceptors (Lipinski definition) is 3. The molecular formula is C22H26N2O3. The van der Waals surface area contributed by atoms with E-state index in [0.29, 0.717) is 26.0 Å². The highest BCUT2D eigenvalue weighted by Gasteiger charge is 2.37. The van der Waals surface area contributed by atoms with Crippen LogP contribution in [0, 0.1) is 0 Å². The third-order valence-corrected chi connectivity index (χ3v) is 4.80. The molecule has 1 heterocycles. The summed E-state index contributed by atoms with van der Waals surface area (Å²) in [6.07, 6.45) is 1.68. The van der Waals surface area contributed by atoms with Crippen molar-refractivity contribution in [2.45, 2.75) is 39.2 Å². The van der Waals surface area contributed by atoms with Gasteiger partial charge in [-0.15, -0.1) is 0 Å². The van der Waals surface area contributed by atoms with Crippen molar-refractivity contribution < 1.29 is 14.3 Å². The summed E-state index contributed by atoms with van der Waals surface area (Å²) in [6.45, 7) is 4.96. The fourth-order valence-corrected chi connectivity index (χ4v) is 3.44. The Morgan fingerprint density at radius 1 is 1.11 bits per heavy atom. The van der Waals surface area contributed by atoms with E-state index in [1.807, 2.05) is 62.4 Å². The van der Waals surface area contributed by atoms with E-state index in [0.717, 1.165) is 29.0 Å². The molecular weight excluding hydrogens is 340 g/mol. The number of rotatable bonds is 7. The van der Waals surface area contributed by atoms with Crippen LogP contribution in [0.15, 0.2) is 48.5 Å². The van der Waals surface area contributed by atoms with Crippen LogP contribution in [0.3, 0.4) is 0 Å². The number of para-hydroxylation sites is 1. The van der Waals surface area contributed by atoms with Crippen molar-refractivity contribution >= 4 is 17.5 Å². The summed E-state index contributed by atoms with van der Waals surface area (Å²) >= 11 is 0. The molecule has 2 aromatic rings. The number of hydrogen-bond donors (Lipinski definition) is 1. The summed E-state index contributed by atoms with van der Waals surface area (Å²) in [5.74, 6) is 0.730. The Kier molecular flexibility index (Phi) is 6.12. The summed E-state index contributed by atoms with van der Waals surface area (Å²) in [5, 5.41) is 2.99. The van der Waals surface area contributed by atoms with Gasteiger partial charge in [0.1, 0.15) is 11.8 Å². The Balaban J connectivity index is 1.59. The summed E-state index contributed by atoms with van der Waals surface area (Å²) in [4.78, 5) is 26.8. The molecule has 5 nitrogen and oxygen atoms in total. The maximum atomic E-state index is 12.7. The van der Waals surface area contributed by atoms with Crippen molar-refractivity contribution in [2.24, 2.45) is 0 Å². The molecule has 3 rings (SSSR count). The van der Waals surface area contributed by atoms with Gasteiger partial charge in [-0.1, -0.05) is 37.3 Å². The molecule has 0 aromatic heterocycles. The lowest BCUT2D eigenvalue weighted by atomic mass is 10.1. The van der Waals surface area contributed by atoms with Gasteiger partial charge in [-0.25, -0.2) is 0 Å². The minimum Gasteiger partial charge on any atom is -0.494 e. The van der Waals surface area contributed by atoms with Gasteiger partial charge < -0.3 is 10.1 Å². The smallest absolute Gasteiger partial charge is 0.243 e. The van der Waals surface area contributed by atoms with E-state index in [1.165, 1.54) is 0 Å². The fraction of sp³-hybridized carbons (Fsp3) is 0.364. The van der Waals surface area contributed by atoms with E-state index in [-0.39, 0.29) is 11.8 Å². The molecule has 0 radical (unpaired) electrons. The first-order valence-corrected chi connectivity index (χ1v) is 9.53.